The minimum atomic E-state index is -0.774. The van der Waals surface area contributed by atoms with Crippen LogP contribution in [0.2, 0.25) is 5.02 Å². The Balaban J connectivity index is 1.90. The number of carbonyl (C=O) groups excluding carboxylic acids is 2. The zero-order valence-corrected chi connectivity index (χ0v) is 19.8. The van der Waals surface area contributed by atoms with Crippen molar-refractivity contribution in [1.29, 1.82) is 0 Å². The van der Waals surface area contributed by atoms with Crippen molar-refractivity contribution >= 4 is 56.4 Å². The smallest absolute Gasteiger partial charge is 0.300 e. The second-order valence-electron chi connectivity index (χ2n) is 7.64. The molecule has 3 aromatic rings. The number of aliphatic hydroxyl groups excluding tert-OH is 1. The summed E-state index contributed by atoms with van der Waals surface area (Å²) in [4.78, 5) is 29.7. The Morgan fingerprint density at radius 1 is 0.938 bits per heavy atom. The van der Waals surface area contributed by atoms with Crippen LogP contribution in [0.15, 0.2) is 82.8 Å². The molecule has 32 heavy (non-hydrogen) atoms. The van der Waals surface area contributed by atoms with Gasteiger partial charge in [0.25, 0.3) is 11.7 Å². The van der Waals surface area contributed by atoms with Gasteiger partial charge in [-0.25, -0.2) is 0 Å². The van der Waals surface area contributed by atoms with Crippen LogP contribution in [0.5, 0.6) is 0 Å². The van der Waals surface area contributed by atoms with E-state index in [1.54, 1.807) is 36.4 Å². The summed E-state index contributed by atoms with van der Waals surface area (Å²) in [6.45, 7) is 0. The summed E-state index contributed by atoms with van der Waals surface area (Å²) in [6.07, 6.45) is 0. The number of ketones is 1. The topological polar surface area (TPSA) is 60.9 Å². The van der Waals surface area contributed by atoms with E-state index >= 15 is 0 Å². The van der Waals surface area contributed by atoms with Crippen LogP contribution in [-0.2, 0) is 9.59 Å². The molecule has 0 bridgehead atoms. The van der Waals surface area contributed by atoms with Gasteiger partial charge in [-0.3, -0.25) is 14.5 Å². The number of halogens is 2. The van der Waals surface area contributed by atoms with Crippen molar-refractivity contribution in [1.82, 2.24) is 0 Å². The van der Waals surface area contributed by atoms with Crippen molar-refractivity contribution in [3.05, 3.63) is 99.0 Å². The van der Waals surface area contributed by atoms with Gasteiger partial charge in [-0.2, -0.15) is 0 Å². The molecule has 1 atom stereocenters. The van der Waals surface area contributed by atoms with E-state index < -0.39 is 17.7 Å². The molecule has 1 amide bonds. The molecule has 5 nitrogen and oxygen atoms in total. The lowest BCUT2D eigenvalue weighted by atomic mass is 9.95. The van der Waals surface area contributed by atoms with Gasteiger partial charge < -0.3 is 10.0 Å². The molecule has 3 aromatic carbocycles. The molecular formula is C25H20BrClN2O3. The molecule has 1 aliphatic rings. The number of aliphatic hydroxyl groups is 1. The van der Waals surface area contributed by atoms with Crippen molar-refractivity contribution in [2.45, 2.75) is 6.04 Å². The lowest BCUT2D eigenvalue weighted by Crippen LogP contribution is -2.29. The van der Waals surface area contributed by atoms with Crippen LogP contribution in [0.3, 0.4) is 0 Å². The fraction of sp³-hybridized carbons (Fsp3) is 0.120. The summed E-state index contributed by atoms with van der Waals surface area (Å²) in [5.74, 6) is -1.66. The number of nitrogens with zero attached hydrogens (tertiary/aromatic N) is 2. The quantitative estimate of drug-likeness (QED) is 0.273. The Kier molecular flexibility index (Phi) is 6.09. The van der Waals surface area contributed by atoms with Gasteiger partial charge >= 0.3 is 0 Å². The number of carbonyl (C=O) groups is 2. The third kappa shape index (κ3) is 4.04. The van der Waals surface area contributed by atoms with Crippen LogP contribution in [0, 0.1) is 0 Å². The second kappa shape index (κ2) is 8.81. The van der Waals surface area contributed by atoms with Crippen molar-refractivity contribution < 1.29 is 14.7 Å². The Hall–Kier alpha value is -3.09. The van der Waals surface area contributed by atoms with E-state index in [2.05, 4.69) is 15.9 Å². The summed E-state index contributed by atoms with van der Waals surface area (Å²) in [5, 5.41) is 11.6. The predicted molar refractivity (Wildman–Crippen MR) is 131 cm³/mol. The zero-order chi connectivity index (χ0) is 23.0. The van der Waals surface area contributed by atoms with Crippen LogP contribution in [0.4, 0.5) is 11.4 Å². The van der Waals surface area contributed by atoms with E-state index in [9.17, 15) is 14.7 Å². The number of hydrogen-bond acceptors (Lipinski definition) is 4. The molecule has 1 saturated heterocycles. The van der Waals surface area contributed by atoms with E-state index in [-0.39, 0.29) is 11.3 Å². The average molecular weight is 512 g/mol. The minimum Gasteiger partial charge on any atom is -0.507 e. The van der Waals surface area contributed by atoms with Crippen molar-refractivity contribution in [3.63, 3.8) is 0 Å². The van der Waals surface area contributed by atoms with E-state index in [4.69, 9.17) is 11.6 Å². The summed E-state index contributed by atoms with van der Waals surface area (Å²) in [7, 11) is 3.85. The van der Waals surface area contributed by atoms with Gasteiger partial charge in [0.1, 0.15) is 5.76 Å². The molecule has 0 saturated carbocycles. The van der Waals surface area contributed by atoms with Gasteiger partial charge in [-0.05, 0) is 66.2 Å². The van der Waals surface area contributed by atoms with E-state index in [1.165, 1.54) is 4.90 Å². The number of amides is 1. The third-order valence-electron chi connectivity index (χ3n) is 5.39. The standard InChI is InChI=1S/C25H20BrClN2O3/c1-28(2)19-11-13-20(14-12-19)29-22(15-3-7-17(26)8-4-15)21(24(31)25(29)32)23(30)16-5-9-18(27)10-6-16/h3-14,22,30H,1-2H3/t22-/m0/s1. The second-order valence-corrected chi connectivity index (χ2v) is 8.99. The van der Waals surface area contributed by atoms with Gasteiger partial charge in [-0.1, -0.05) is 39.7 Å². The highest BCUT2D eigenvalue weighted by Crippen LogP contribution is 2.42. The maximum absolute atomic E-state index is 13.2. The molecule has 0 spiro atoms. The maximum atomic E-state index is 13.2. The van der Waals surface area contributed by atoms with Crippen LogP contribution in [-0.4, -0.2) is 30.9 Å². The SMILES string of the molecule is CN(C)c1ccc(N2C(=O)C(=O)C(=C(O)c3ccc(Cl)cc3)[C@@H]2c2ccc(Br)cc2)cc1. The predicted octanol–water partition coefficient (Wildman–Crippen LogP) is 5.79. The van der Waals surface area contributed by atoms with Gasteiger partial charge in [0.2, 0.25) is 0 Å². The van der Waals surface area contributed by atoms with Crippen LogP contribution in [0.25, 0.3) is 5.76 Å². The first kappa shape index (κ1) is 22.1. The normalized spacial score (nSPS) is 17.6. The molecule has 1 fully saturated rings. The van der Waals surface area contributed by atoms with Crippen molar-refractivity contribution in [3.8, 4) is 0 Å². The molecular weight excluding hydrogens is 492 g/mol. The summed E-state index contributed by atoms with van der Waals surface area (Å²) in [5.41, 5.74) is 2.70. The Morgan fingerprint density at radius 2 is 1.53 bits per heavy atom. The first-order valence-corrected chi connectivity index (χ1v) is 11.0. The molecule has 1 aliphatic heterocycles. The van der Waals surface area contributed by atoms with E-state index in [0.29, 0.717) is 21.8 Å². The summed E-state index contributed by atoms with van der Waals surface area (Å²) < 4.78 is 0.867. The van der Waals surface area contributed by atoms with Gasteiger partial charge in [0.05, 0.1) is 11.6 Å². The van der Waals surface area contributed by atoms with E-state index in [1.807, 2.05) is 55.4 Å². The fourth-order valence-corrected chi connectivity index (χ4v) is 4.12. The number of hydrogen-bond donors (Lipinski definition) is 1. The van der Waals surface area contributed by atoms with Gasteiger partial charge in [0, 0.05) is 40.5 Å². The van der Waals surface area contributed by atoms with Crippen LogP contribution >= 0.6 is 27.5 Å². The first-order valence-electron chi connectivity index (χ1n) is 9.87. The van der Waals surface area contributed by atoms with Crippen molar-refractivity contribution in [2.75, 3.05) is 23.9 Å². The number of benzene rings is 3. The first-order chi connectivity index (χ1) is 15.3. The van der Waals surface area contributed by atoms with Gasteiger partial charge in [-0.15, -0.1) is 0 Å². The molecule has 1 heterocycles. The Labute approximate surface area is 199 Å². The Bertz CT molecular complexity index is 1200. The molecule has 162 valence electrons. The lowest BCUT2D eigenvalue weighted by Gasteiger charge is -2.26. The average Bonchev–Trinajstić information content (AvgIpc) is 3.05. The monoisotopic (exact) mass is 510 g/mol. The summed E-state index contributed by atoms with van der Waals surface area (Å²) in [6, 6.07) is 20.4. The molecule has 0 unspecified atom stereocenters. The largest absolute Gasteiger partial charge is 0.507 e. The molecule has 7 heteroatoms. The third-order valence-corrected chi connectivity index (χ3v) is 6.17. The molecule has 4 rings (SSSR count). The molecule has 1 N–H and O–H groups in total. The highest BCUT2D eigenvalue weighted by molar-refractivity contribution is 9.10. The highest BCUT2D eigenvalue weighted by atomic mass is 79.9. The highest BCUT2D eigenvalue weighted by Gasteiger charge is 2.46. The van der Waals surface area contributed by atoms with Gasteiger partial charge in [0.15, 0.2) is 0 Å². The molecule has 0 radical (unpaired) electrons. The summed E-state index contributed by atoms with van der Waals surface area (Å²) >= 11 is 9.39. The maximum Gasteiger partial charge on any atom is 0.300 e. The molecule has 0 aromatic heterocycles. The van der Waals surface area contributed by atoms with E-state index in [0.717, 1.165) is 10.2 Å². The molecule has 0 aliphatic carbocycles. The number of rotatable bonds is 4. The lowest BCUT2D eigenvalue weighted by molar-refractivity contribution is -0.132. The zero-order valence-electron chi connectivity index (χ0n) is 17.4. The van der Waals surface area contributed by atoms with Crippen molar-refractivity contribution in [2.24, 2.45) is 0 Å². The van der Waals surface area contributed by atoms with Crippen LogP contribution < -0.4 is 9.80 Å². The number of anilines is 2. The number of Topliss-reactive ketones (excluding diaryl/α,β-unsaturated/α-hetero) is 1. The Morgan fingerprint density at radius 3 is 2.09 bits per heavy atom. The van der Waals surface area contributed by atoms with Crippen LogP contribution in [0.1, 0.15) is 17.2 Å². The minimum absolute atomic E-state index is 0.0383. The fourth-order valence-electron chi connectivity index (χ4n) is 3.73.